The molecule has 1 aliphatic heterocycles. The topological polar surface area (TPSA) is 36.3 Å². The maximum atomic E-state index is 8.72. The van der Waals surface area contributed by atoms with E-state index in [1.807, 2.05) is 12.1 Å². The molecule has 3 rings (SSSR count). The molecular formula is C17H16N2O. The molecule has 100 valence electrons. The third-order valence-electron chi connectivity index (χ3n) is 3.48. The van der Waals surface area contributed by atoms with Crippen molar-refractivity contribution < 1.29 is 4.74 Å². The van der Waals surface area contributed by atoms with Gasteiger partial charge in [-0.25, -0.2) is 0 Å². The van der Waals surface area contributed by atoms with Gasteiger partial charge in [0.25, 0.3) is 0 Å². The monoisotopic (exact) mass is 264 g/mol. The molecule has 20 heavy (non-hydrogen) atoms. The van der Waals surface area contributed by atoms with E-state index in [0.717, 1.165) is 25.3 Å². The highest BCUT2D eigenvalue weighted by molar-refractivity contribution is 5.51. The van der Waals surface area contributed by atoms with Crippen LogP contribution in [0.25, 0.3) is 0 Å². The number of fused-ring (bicyclic) bond motifs is 1. The number of nitriles is 1. The number of hydrogen-bond acceptors (Lipinski definition) is 3. The van der Waals surface area contributed by atoms with Crippen LogP contribution in [-0.2, 0) is 0 Å². The Morgan fingerprint density at radius 1 is 1.25 bits per heavy atom. The summed E-state index contributed by atoms with van der Waals surface area (Å²) in [5.41, 5.74) is 3.42. The zero-order valence-corrected chi connectivity index (χ0v) is 11.2. The van der Waals surface area contributed by atoms with Crippen LogP contribution in [0.4, 0.5) is 0 Å². The second-order valence-electron chi connectivity index (χ2n) is 4.94. The molecule has 0 saturated carbocycles. The van der Waals surface area contributed by atoms with Gasteiger partial charge in [-0.15, -0.1) is 0 Å². The standard InChI is InChI=1S/C17H16N2O/c18-11-14-5-7-17(8-6-14)20-10-2-9-19-12-15-3-1-4-16(15)13-19/h1,3-8,12H,2,9-10,13H2. The average Bonchev–Trinajstić information content (AvgIpc) is 3.05. The predicted octanol–water partition coefficient (Wildman–Crippen LogP) is 3.02. The van der Waals surface area contributed by atoms with Crippen molar-refractivity contribution in [2.75, 3.05) is 19.7 Å². The maximum Gasteiger partial charge on any atom is 0.119 e. The largest absolute Gasteiger partial charge is 0.494 e. The quantitative estimate of drug-likeness (QED) is 0.767. The van der Waals surface area contributed by atoms with Crippen molar-refractivity contribution >= 4 is 0 Å². The molecule has 0 saturated heterocycles. The number of ether oxygens (including phenoxy) is 1. The minimum absolute atomic E-state index is 0.661. The van der Waals surface area contributed by atoms with Gasteiger partial charge < -0.3 is 9.64 Å². The van der Waals surface area contributed by atoms with E-state index in [9.17, 15) is 0 Å². The van der Waals surface area contributed by atoms with Gasteiger partial charge in [0.2, 0.25) is 0 Å². The molecule has 0 atom stereocenters. The Morgan fingerprint density at radius 3 is 2.85 bits per heavy atom. The zero-order valence-electron chi connectivity index (χ0n) is 11.2. The lowest BCUT2D eigenvalue weighted by atomic mass is 10.2. The fourth-order valence-electron chi connectivity index (χ4n) is 2.43. The summed E-state index contributed by atoms with van der Waals surface area (Å²) in [6.07, 6.45) is 9.64. The molecular weight excluding hydrogens is 248 g/mol. The molecule has 0 fully saturated rings. The number of benzene rings is 1. The van der Waals surface area contributed by atoms with Crippen molar-refractivity contribution in [3.63, 3.8) is 0 Å². The molecule has 3 nitrogen and oxygen atoms in total. The molecule has 0 bridgehead atoms. The Labute approximate surface area is 119 Å². The highest BCUT2D eigenvalue weighted by Gasteiger charge is 2.17. The van der Waals surface area contributed by atoms with Crippen molar-refractivity contribution in [2.24, 2.45) is 0 Å². The third kappa shape index (κ3) is 2.75. The lowest BCUT2D eigenvalue weighted by Crippen LogP contribution is -2.18. The number of allylic oxidation sites excluding steroid dienone is 3. The molecule has 1 aromatic carbocycles. The molecule has 3 heteroatoms. The van der Waals surface area contributed by atoms with Gasteiger partial charge in [-0.05, 0) is 41.8 Å². The van der Waals surface area contributed by atoms with E-state index in [4.69, 9.17) is 10.00 Å². The van der Waals surface area contributed by atoms with Gasteiger partial charge in [0.1, 0.15) is 5.75 Å². The van der Waals surface area contributed by atoms with Gasteiger partial charge in [0, 0.05) is 19.3 Å². The first-order valence-corrected chi connectivity index (χ1v) is 6.81. The van der Waals surface area contributed by atoms with Crippen LogP contribution in [0.15, 0.2) is 59.8 Å². The molecule has 0 amide bonds. The second kappa shape index (κ2) is 5.66. The van der Waals surface area contributed by atoms with Gasteiger partial charge >= 0.3 is 0 Å². The Hall–Kier alpha value is -2.47. The first kappa shape index (κ1) is 12.6. The summed E-state index contributed by atoms with van der Waals surface area (Å²) in [6, 6.07) is 9.34. The smallest absolute Gasteiger partial charge is 0.119 e. The normalized spacial score (nSPS) is 15.7. The molecule has 0 aromatic heterocycles. The molecule has 1 heterocycles. The Kier molecular flexibility index (Phi) is 3.56. The average molecular weight is 264 g/mol. The Balaban J connectivity index is 1.40. The lowest BCUT2D eigenvalue weighted by molar-refractivity contribution is 0.285. The van der Waals surface area contributed by atoms with Crippen LogP contribution in [0.3, 0.4) is 0 Å². The minimum atomic E-state index is 0.661. The molecule has 0 radical (unpaired) electrons. The number of hydrogen-bond donors (Lipinski definition) is 0. The van der Waals surface area contributed by atoms with Crippen molar-refractivity contribution in [3.8, 4) is 11.8 Å². The van der Waals surface area contributed by atoms with Gasteiger partial charge in [0.15, 0.2) is 0 Å². The zero-order chi connectivity index (χ0) is 13.8. The van der Waals surface area contributed by atoms with E-state index < -0.39 is 0 Å². The van der Waals surface area contributed by atoms with Crippen LogP contribution in [0.1, 0.15) is 12.0 Å². The highest BCUT2D eigenvalue weighted by atomic mass is 16.5. The summed E-state index contributed by atoms with van der Waals surface area (Å²) >= 11 is 0. The van der Waals surface area contributed by atoms with Crippen molar-refractivity contribution in [2.45, 2.75) is 6.42 Å². The van der Waals surface area contributed by atoms with E-state index in [-0.39, 0.29) is 0 Å². The van der Waals surface area contributed by atoms with E-state index in [1.54, 1.807) is 12.1 Å². The van der Waals surface area contributed by atoms with Crippen LogP contribution in [0, 0.1) is 11.3 Å². The van der Waals surface area contributed by atoms with Crippen LogP contribution in [0.5, 0.6) is 5.75 Å². The summed E-state index contributed by atoms with van der Waals surface area (Å²) in [5.74, 6) is 0.825. The van der Waals surface area contributed by atoms with Crippen molar-refractivity contribution in [3.05, 3.63) is 65.4 Å². The molecule has 0 unspecified atom stereocenters. The molecule has 2 aliphatic rings. The molecule has 1 aromatic rings. The Morgan fingerprint density at radius 2 is 2.10 bits per heavy atom. The van der Waals surface area contributed by atoms with E-state index in [0.29, 0.717) is 12.2 Å². The fourth-order valence-corrected chi connectivity index (χ4v) is 2.43. The van der Waals surface area contributed by atoms with Gasteiger partial charge in [-0.3, -0.25) is 0 Å². The summed E-state index contributed by atoms with van der Waals surface area (Å²) in [6.45, 7) is 2.71. The molecule has 1 aliphatic carbocycles. The van der Waals surface area contributed by atoms with Crippen molar-refractivity contribution in [1.82, 2.24) is 4.90 Å². The van der Waals surface area contributed by atoms with Gasteiger partial charge in [-0.2, -0.15) is 5.26 Å². The van der Waals surface area contributed by atoms with Crippen LogP contribution < -0.4 is 4.74 Å². The van der Waals surface area contributed by atoms with E-state index >= 15 is 0 Å². The predicted molar refractivity (Wildman–Crippen MR) is 78.1 cm³/mol. The minimum Gasteiger partial charge on any atom is -0.494 e. The Bertz CT molecular complexity index is 617. The van der Waals surface area contributed by atoms with Gasteiger partial charge in [0.05, 0.1) is 18.2 Å². The second-order valence-corrected chi connectivity index (χ2v) is 4.94. The summed E-state index contributed by atoms with van der Waals surface area (Å²) < 4.78 is 5.67. The summed E-state index contributed by atoms with van der Waals surface area (Å²) in [4.78, 5) is 2.33. The maximum absolute atomic E-state index is 8.72. The summed E-state index contributed by atoms with van der Waals surface area (Å²) in [7, 11) is 0. The van der Waals surface area contributed by atoms with Crippen LogP contribution >= 0.6 is 0 Å². The number of rotatable bonds is 5. The fraction of sp³-hybridized carbons (Fsp3) is 0.235. The molecule has 0 spiro atoms. The molecule has 0 N–H and O–H groups in total. The van der Waals surface area contributed by atoms with E-state index in [1.165, 1.54) is 11.1 Å². The first-order valence-electron chi connectivity index (χ1n) is 6.81. The van der Waals surface area contributed by atoms with E-state index in [2.05, 4.69) is 35.4 Å². The SMILES string of the molecule is N#Cc1ccc(OCCCN2C=C3C=CC=C3C2)cc1. The van der Waals surface area contributed by atoms with Crippen LogP contribution in [-0.4, -0.2) is 24.6 Å². The van der Waals surface area contributed by atoms with Crippen LogP contribution in [0.2, 0.25) is 0 Å². The third-order valence-corrected chi connectivity index (χ3v) is 3.48. The highest BCUT2D eigenvalue weighted by Crippen LogP contribution is 2.26. The number of nitrogens with zero attached hydrogens (tertiary/aromatic N) is 2. The summed E-state index contributed by atoms with van der Waals surface area (Å²) in [5, 5.41) is 8.72. The first-order chi connectivity index (χ1) is 9.85. The van der Waals surface area contributed by atoms with Crippen molar-refractivity contribution in [1.29, 1.82) is 5.26 Å². The lowest BCUT2D eigenvalue weighted by Gasteiger charge is -2.15. The van der Waals surface area contributed by atoms with Gasteiger partial charge in [-0.1, -0.05) is 18.2 Å².